The Hall–Kier alpha value is -4.01. The summed E-state index contributed by atoms with van der Waals surface area (Å²) in [5.41, 5.74) is 1.80. The number of carbonyl (C=O) groups excluding carboxylic acids is 2. The van der Waals surface area contributed by atoms with Gasteiger partial charge in [-0.25, -0.2) is 9.07 Å². The second kappa shape index (κ2) is 9.93. The Bertz CT molecular complexity index is 1480. The van der Waals surface area contributed by atoms with Gasteiger partial charge in [0.25, 0.3) is 5.56 Å². The Kier molecular flexibility index (Phi) is 6.54. The molecule has 0 atom stereocenters. The molecule has 36 heavy (non-hydrogen) atoms. The molecule has 0 saturated carbocycles. The van der Waals surface area contributed by atoms with E-state index >= 15 is 0 Å². The molecule has 186 valence electrons. The topological polar surface area (TPSA) is 86.4 Å². The van der Waals surface area contributed by atoms with Crippen LogP contribution in [0.1, 0.15) is 25.3 Å². The van der Waals surface area contributed by atoms with Crippen molar-refractivity contribution in [1.82, 2.24) is 19.2 Å². The van der Waals surface area contributed by atoms with Crippen LogP contribution >= 0.6 is 0 Å². The molecule has 1 saturated heterocycles. The van der Waals surface area contributed by atoms with Crippen LogP contribution in [0.25, 0.3) is 21.8 Å². The third-order valence-corrected chi connectivity index (χ3v) is 6.78. The number of para-hydroxylation sites is 1. The molecule has 0 bridgehead atoms. The van der Waals surface area contributed by atoms with Crippen molar-refractivity contribution in [1.29, 1.82) is 0 Å². The van der Waals surface area contributed by atoms with Gasteiger partial charge in [0.15, 0.2) is 0 Å². The Labute approximate surface area is 206 Å². The van der Waals surface area contributed by atoms with E-state index in [9.17, 15) is 18.8 Å². The summed E-state index contributed by atoms with van der Waals surface area (Å²) in [6.45, 7) is 3.17. The van der Waals surface area contributed by atoms with Gasteiger partial charge in [0.2, 0.25) is 5.91 Å². The van der Waals surface area contributed by atoms with E-state index in [1.807, 2.05) is 28.8 Å². The van der Waals surface area contributed by atoms with Crippen LogP contribution in [0.15, 0.2) is 59.5 Å². The molecule has 5 rings (SSSR count). The molecule has 4 aromatic rings. The summed E-state index contributed by atoms with van der Waals surface area (Å²) in [6.07, 6.45) is 2.70. The van der Waals surface area contributed by atoms with Gasteiger partial charge in [-0.2, -0.15) is 5.10 Å². The average Bonchev–Trinajstić information content (AvgIpc) is 3.21. The maximum Gasteiger partial charge on any atom is 0.309 e. The lowest BCUT2D eigenvalue weighted by molar-refractivity contribution is -0.151. The number of benzene rings is 2. The van der Waals surface area contributed by atoms with Crippen LogP contribution in [0.3, 0.4) is 0 Å². The number of aromatic nitrogens is 3. The van der Waals surface area contributed by atoms with E-state index in [0.717, 1.165) is 16.5 Å². The quantitative estimate of drug-likeness (QED) is 0.387. The molecule has 1 fully saturated rings. The number of halogens is 1. The number of piperidine rings is 1. The Balaban J connectivity index is 1.43. The normalized spacial score (nSPS) is 14.4. The van der Waals surface area contributed by atoms with Crippen LogP contribution in [0.5, 0.6) is 0 Å². The van der Waals surface area contributed by atoms with Gasteiger partial charge in [-0.3, -0.25) is 14.4 Å². The van der Waals surface area contributed by atoms with E-state index in [4.69, 9.17) is 4.74 Å². The van der Waals surface area contributed by atoms with E-state index in [2.05, 4.69) is 5.10 Å². The maximum absolute atomic E-state index is 13.6. The molecule has 2 aromatic heterocycles. The highest BCUT2D eigenvalue weighted by Crippen LogP contribution is 2.27. The van der Waals surface area contributed by atoms with Crippen LogP contribution in [0, 0.1) is 11.7 Å². The zero-order valence-electron chi connectivity index (χ0n) is 20.0. The van der Waals surface area contributed by atoms with Gasteiger partial charge in [-0.15, -0.1) is 0 Å². The van der Waals surface area contributed by atoms with E-state index < -0.39 is 0 Å². The summed E-state index contributed by atoms with van der Waals surface area (Å²) in [5.74, 6) is -0.958. The number of fused-ring (bicyclic) bond motifs is 3. The van der Waals surface area contributed by atoms with Gasteiger partial charge in [0.1, 0.15) is 17.9 Å². The molecule has 3 heterocycles. The van der Waals surface area contributed by atoms with Crippen molar-refractivity contribution < 1.29 is 18.7 Å². The minimum absolute atomic E-state index is 0.184. The van der Waals surface area contributed by atoms with Gasteiger partial charge < -0.3 is 14.2 Å². The van der Waals surface area contributed by atoms with Crippen molar-refractivity contribution >= 4 is 33.7 Å². The smallest absolute Gasteiger partial charge is 0.309 e. The second-order valence-corrected chi connectivity index (χ2v) is 9.01. The van der Waals surface area contributed by atoms with Gasteiger partial charge >= 0.3 is 5.97 Å². The first-order valence-corrected chi connectivity index (χ1v) is 12.1. The number of hydrogen-bond donors (Lipinski definition) is 0. The van der Waals surface area contributed by atoms with Crippen LogP contribution in [0.2, 0.25) is 0 Å². The van der Waals surface area contributed by atoms with Gasteiger partial charge in [0.05, 0.1) is 18.7 Å². The SMILES string of the molecule is CCOC(=O)C1CCN(C(=O)Cn2ncc3c4ccccc4n(Cc4ccc(F)cc4)c3c2=O)CC1. The Morgan fingerprint density at radius 3 is 2.50 bits per heavy atom. The number of rotatable bonds is 6. The van der Waals surface area contributed by atoms with E-state index in [-0.39, 0.29) is 35.7 Å². The summed E-state index contributed by atoms with van der Waals surface area (Å²) in [7, 11) is 0. The number of likely N-dealkylation sites (tertiary alicyclic amines) is 1. The molecule has 0 spiro atoms. The monoisotopic (exact) mass is 490 g/mol. The molecule has 0 aliphatic carbocycles. The molecular formula is C27H27FN4O4. The molecule has 0 radical (unpaired) electrons. The number of esters is 1. The molecule has 1 aliphatic heterocycles. The van der Waals surface area contributed by atoms with Crippen LogP contribution in [-0.2, 0) is 27.4 Å². The van der Waals surface area contributed by atoms with Gasteiger partial charge in [-0.1, -0.05) is 30.3 Å². The van der Waals surface area contributed by atoms with Crippen molar-refractivity contribution in [3.05, 3.63) is 76.5 Å². The first-order valence-electron chi connectivity index (χ1n) is 12.1. The minimum atomic E-state index is -0.361. The highest BCUT2D eigenvalue weighted by Gasteiger charge is 2.28. The predicted octanol–water partition coefficient (Wildman–Crippen LogP) is 3.34. The van der Waals surface area contributed by atoms with Crippen LogP contribution < -0.4 is 5.56 Å². The summed E-state index contributed by atoms with van der Waals surface area (Å²) in [5, 5.41) is 5.90. The fourth-order valence-corrected chi connectivity index (χ4v) is 4.90. The highest BCUT2D eigenvalue weighted by molar-refractivity contribution is 6.07. The van der Waals surface area contributed by atoms with E-state index in [1.54, 1.807) is 30.2 Å². The largest absolute Gasteiger partial charge is 0.466 e. The van der Waals surface area contributed by atoms with Crippen molar-refractivity contribution in [3.63, 3.8) is 0 Å². The second-order valence-electron chi connectivity index (χ2n) is 9.01. The Morgan fingerprint density at radius 2 is 1.78 bits per heavy atom. The van der Waals surface area contributed by atoms with E-state index in [1.165, 1.54) is 16.8 Å². The Morgan fingerprint density at radius 1 is 1.06 bits per heavy atom. The summed E-state index contributed by atoms with van der Waals surface area (Å²) in [4.78, 5) is 40.2. The van der Waals surface area contributed by atoms with Crippen molar-refractivity contribution in [2.45, 2.75) is 32.9 Å². The molecule has 1 aliphatic rings. The van der Waals surface area contributed by atoms with E-state index in [0.29, 0.717) is 50.0 Å². The average molecular weight is 491 g/mol. The molecular weight excluding hydrogens is 463 g/mol. The fourth-order valence-electron chi connectivity index (χ4n) is 4.90. The fraction of sp³-hybridized carbons (Fsp3) is 0.333. The van der Waals surface area contributed by atoms with Crippen molar-refractivity contribution in [3.8, 4) is 0 Å². The van der Waals surface area contributed by atoms with Gasteiger partial charge in [0, 0.05) is 35.9 Å². The van der Waals surface area contributed by atoms with Gasteiger partial charge in [-0.05, 0) is 43.5 Å². The number of ether oxygens (including phenoxy) is 1. The third kappa shape index (κ3) is 4.48. The zero-order valence-corrected chi connectivity index (χ0v) is 20.0. The summed E-state index contributed by atoms with van der Waals surface area (Å²) in [6, 6.07) is 13.8. The molecule has 8 nitrogen and oxygen atoms in total. The zero-order chi connectivity index (χ0) is 25.2. The lowest BCUT2D eigenvalue weighted by Gasteiger charge is -2.30. The van der Waals surface area contributed by atoms with Crippen molar-refractivity contribution in [2.24, 2.45) is 5.92 Å². The molecule has 2 aromatic carbocycles. The number of hydrogen-bond acceptors (Lipinski definition) is 5. The first kappa shape index (κ1) is 23.7. The highest BCUT2D eigenvalue weighted by atomic mass is 19.1. The predicted molar refractivity (Wildman–Crippen MR) is 133 cm³/mol. The molecule has 1 amide bonds. The van der Waals surface area contributed by atoms with Crippen molar-refractivity contribution in [2.75, 3.05) is 19.7 Å². The van der Waals surface area contributed by atoms with Crippen LogP contribution in [0.4, 0.5) is 4.39 Å². The lowest BCUT2D eigenvalue weighted by atomic mass is 9.97. The summed E-state index contributed by atoms with van der Waals surface area (Å²) >= 11 is 0. The first-order chi connectivity index (χ1) is 17.5. The maximum atomic E-state index is 13.6. The number of carbonyl (C=O) groups is 2. The third-order valence-electron chi connectivity index (χ3n) is 6.78. The number of amides is 1. The summed E-state index contributed by atoms with van der Waals surface area (Å²) < 4.78 is 21.6. The van der Waals surface area contributed by atoms with Crippen LogP contribution in [-0.4, -0.2) is 50.8 Å². The molecule has 9 heteroatoms. The molecule has 0 N–H and O–H groups in total. The molecule has 0 unspecified atom stereocenters. The minimum Gasteiger partial charge on any atom is -0.466 e. The lowest BCUT2D eigenvalue weighted by Crippen LogP contribution is -2.43. The standard InChI is InChI=1S/C27H27FN4O4/c1-2-36-27(35)19-11-13-30(14-12-19)24(33)17-32-26(34)25-22(15-29-32)21-5-3-4-6-23(21)31(25)16-18-7-9-20(28)10-8-18/h3-10,15,19H,2,11-14,16-17H2,1H3. The number of nitrogens with zero attached hydrogens (tertiary/aromatic N) is 4.